The molecule has 0 atom stereocenters. The van der Waals surface area contributed by atoms with Crippen molar-refractivity contribution in [1.82, 2.24) is 4.57 Å². The number of hydrogen-bond donors (Lipinski definition) is 0. The fourth-order valence-electron chi connectivity index (χ4n) is 0.725. The third-order valence-electron chi connectivity index (χ3n) is 1.16. The Kier molecular flexibility index (Phi) is 24.8. The van der Waals surface area contributed by atoms with E-state index in [0.29, 0.717) is 0 Å². The smallest absolute Gasteiger partial charge is 0 e. The van der Waals surface area contributed by atoms with Gasteiger partial charge in [-0.1, -0.05) is 20.8 Å². The van der Waals surface area contributed by atoms with Crippen LogP contribution >= 0.6 is 0 Å². The largest absolute Gasteiger partial charge is 0.658 e. The van der Waals surface area contributed by atoms with E-state index >= 15 is 0 Å². The Morgan fingerprint density at radius 2 is 1.69 bits per heavy atom. The molecule has 0 saturated heterocycles. The minimum absolute atomic E-state index is 0. The van der Waals surface area contributed by atoms with E-state index in [1.807, 2.05) is 33.8 Å². The van der Waals surface area contributed by atoms with E-state index in [1.165, 1.54) is 0 Å². The predicted octanol–water partition coefficient (Wildman–Crippen LogP) is 2.57. The molecule has 0 aliphatic heterocycles. The Balaban J connectivity index is -0.0000000761. The summed E-state index contributed by atoms with van der Waals surface area (Å²) in [6.07, 6.45) is 3.01. The zero-order valence-corrected chi connectivity index (χ0v) is 17.1. The van der Waals surface area contributed by atoms with E-state index in [-0.39, 0.29) is 70.7 Å². The van der Waals surface area contributed by atoms with Crippen molar-refractivity contribution < 1.29 is 70.7 Å². The maximum Gasteiger partial charge on any atom is 0 e. The number of nitrogens with zero attached hydrogens (tertiary/aromatic N) is 1. The molecule has 0 bridgehead atoms. The average Bonchev–Trinajstić information content (AvgIpc) is 2.16. The van der Waals surface area contributed by atoms with Gasteiger partial charge in [0, 0.05) is 70.7 Å². The van der Waals surface area contributed by atoms with Crippen molar-refractivity contribution in [2.75, 3.05) is 0 Å². The van der Waals surface area contributed by atoms with Gasteiger partial charge in [0.25, 0.3) is 0 Å². The topological polar surface area (TPSA) is 4.93 Å². The zero-order valence-electron chi connectivity index (χ0n) is 8.59. The van der Waals surface area contributed by atoms with Gasteiger partial charge >= 0.3 is 0 Å². The van der Waals surface area contributed by atoms with Gasteiger partial charge in [-0.25, -0.2) is 5.69 Å². The number of hydrogen-bond acceptors (Lipinski definition) is 0. The molecule has 1 heterocycles. The summed E-state index contributed by atoms with van der Waals surface area (Å²) in [6.45, 7) is 8.02. The summed E-state index contributed by atoms with van der Waals surface area (Å²) in [5.74, 6) is 0. The molecule has 0 N–H and O–H groups in total. The Bertz CT molecular complexity index is 182. The summed E-state index contributed by atoms with van der Waals surface area (Å²) < 4.78 is 1.75. The Labute approximate surface area is 132 Å². The molecule has 1 aromatic rings. The van der Waals surface area contributed by atoms with Crippen molar-refractivity contribution in [3.63, 3.8) is 0 Å². The van der Waals surface area contributed by atoms with Crippen LogP contribution in [0.15, 0.2) is 6.07 Å². The molecular formula is C9H15NUVW-2. The van der Waals surface area contributed by atoms with Crippen molar-refractivity contribution in [3.8, 4) is 0 Å². The average molecular weight is 610 g/mol. The van der Waals surface area contributed by atoms with Crippen LogP contribution in [-0.4, -0.2) is 4.57 Å². The van der Waals surface area contributed by atoms with Crippen molar-refractivity contribution >= 4 is 0 Å². The second kappa shape index (κ2) is 13.5. The van der Waals surface area contributed by atoms with Crippen LogP contribution in [0.2, 0.25) is 0 Å². The quantitative estimate of drug-likeness (QED) is 0.399. The molecule has 0 aliphatic rings. The van der Waals surface area contributed by atoms with Crippen LogP contribution in [-0.2, 0) is 39.6 Å². The Morgan fingerprint density at radius 1 is 1.31 bits per heavy atom. The summed E-state index contributed by atoms with van der Waals surface area (Å²) in [7, 11) is 3.70. The molecule has 1 rings (SSSR count). The van der Waals surface area contributed by atoms with E-state index in [9.17, 15) is 0 Å². The summed E-state index contributed by atoms with van der Waals surface area (Å²) in [6, 6.07) is 2.05. The molecule has 0 unspecified atom stereocenters. The summed E-state index contributed by atoms with van der Waals surface area (Å²) in [5.41, 5.74) is 2.31. The van der Waals surface area contributed by atoms with Crippen molar-refractivity contribution in [2.45, 2.75) is 27.7 Å². The molecule has 4 heteroatoms. The zero-order chi connectivity index (χ0) is 8.15. The molecule has 1 aromatic heterocycles. The second-order valence-corrected chi connectivity index (χ2v) is 2.01. The van der Waals surface area contributed by atoms with E-state index in [2.05, 4.69) is 13.2 Å². The molecule has 1 radical (unpaired) electrons. The first-order chi connectivity index (χ1) is 4.70. The monoisotopic (exact) mass is 610 g/mol. The number of aryl methyl sites for hydroxylation is 2. The Morgan fingerprint density at radius 3 is 1.77 bits per heavy atom. The molecular weight excluding hydrogens is 595 g/mol. The van der Waals surface area contributed by atoms with Crippen LogP contribution in [0.3, 0.4) is 0 Å². The van der Waals surface area contributed by atoms with Crippen LogP contribution in [0.25, 0.3) is 0 Å². The normalized spacial score (nSPS) is 6.46. The molecule has 0 aliphatic carbocycles. The molecule has 0 spiro atoms. The van der Waals surface area contributed by atoms with Crippen LogP contribution in [0.4, 0.5) is 0 Å². The van der Waals surface area contributed by atoms with E-state index < -0.39 is 0 Å². The van der Waals surface area contributed by atoms with Crippen molar-refractivity contribution in [1.29, 1.82) is 0 Å². The fourth-order valence-corrected chi connectivity index (χ4v) is 0.725. The third-order valence-corrected chi connectivity index (χ3v) is 1.16. The van der Waals surface area contributed by atoms with Crippen LogP contribution in [0.5, 0.6) is 0 Å². The first-order valence-corrected chi connectivity index (χ1v) is 3.59. The van der Waals surface area contributed by atoms with Gasteiger partial charge < -0.3 is 4.57 Å². The fraction of sp³-hybridized carbons (Fsp3) is 0.444. The van der Waals surface area contributed by atoms with Gasteiger partial charge in [-0.3, -0.25) is 13.2 Å². The van der Waals surface area contributed by atoms with Gasteiger partial charge in [0.15, 0.2) is 0 Å². The van der Waals surface area contributed by atoms with Gasteiger partial charge in [0.2, 0.25) is 0 Å². The third kappa shape index (κ3) is 9.77. The molecule has 13 heavy (non-hydrogen) atoms. The summed E-state index contributed by atoms with van der Waals surface area (Å²) >= 11 is 0. The first kappa shape index (κ1) is 24.0. The molecule has 0 fully saturated rings. The van der Waals surface area contributed by atoms with Gasteiger partial charge in [-0.05, 0) is 0 Å². The van der Waals surface area contributed by atoms with Crippen molar-refractivity contribution in [2.24, 2.45) is 0 Å². The van der Waals surface area contributed by atoms with Crippen LogP contribution in [0.1, 0.15) is 25.1 Å². The first-order valence-electron chi connectivity index (χ1n) is 3.59. The Hall–Kier alpha value is 1.47. The number of rotatable bonds is 0. The van der Waals surface area contributed by atoms with Crippen molar-refractivity contribution in [3.05, 3.63) is 30.6 Å². The second-order valence-electron chi connectivity index (χ2n) is 2.01. The maximum absolute atomic E-state index is 3.70. The standard InChI is InChI=1S/C7H9N.C2H6.U.V.W/c1-6-4-7(2)8(3)5-6;1-2;;;/h4H,3H2,1-2H3;1-2H3;;;/q-2;;;;. The summed E-state index contributed by atoms with van der Waals surface area (Å²) in [4.78, 5) is 0. The van der Waals surface area contributed by atoms with E-state index in [0.717, 1.165) is 11.3 Å². The van der Waals surface area contributed by atoms with Gasteiger partial charge in [0.1, 0.15) is 0 Å². The van der Waals surface area contributed by atoms with Gasteiger partial charge in [-0.2, -0.15) is 11.6 Å². The molecule has 73 valence electrons. The van der Waals surface area contributed by atoms with Gasteiger partial charge in [0.05, 0.1) is 0 Å². The van der Waals surface area contributed by atoms with Crippen LogP contribution in [0, 0.1) is 58.2 Å². The predicted molar refractivity (Wildman–Crippen MR) is 44.8 cm³/mol. The molecule has 1 nitrogen and oxygen atoms in total. The number of aromatic nitrogens is 1. The van der Waals surface area contributed by atoms with Gasteiger partial charge in [-0.15, -0.1) is 6.92 Å². The van der Waals surface area contributed by atoms with Crippen LogP contribution < -0.4 is 0 Å². The van der Waals surface area contributed by atoms with E-state index in [4.69, 9.17) is 0 Å². The minimum Gasteiger partial charge on any atom is -0.658 e. The minimum atomic E-state index is 0. The maximum atomic E-state index is 3.70. The molecule has 0 amide bonds. The van der Waals surface area contributed by atoms with E-state index in [1.54, 1.807) is 4.57 Å². The SMILES string of the molecule is CC.[CH2-]n1[c-]c(C)cc1C.[U].[V].[W]. The molecule has 0 aromatic carbocycles. The summed E-state index contributed by atoms with van der Waals surface area (Å²) in [5, 5.41) is 0. The molecule has 0 saturated carbocycles.